The van der Waals surface area contributed by atoms with Crippen molar-refractivity contribution in [3.63, 3.8) is 0 Å². The number of hydrogen-bond acceptors (Lipinski definition) is 5. The molecule has 1 unspecified atom stereocenters. The van der Waals surface area contributed by atoms with Crippen molar-refractivity contribution < 1.29 is 19.0 Å². The predicted octanol–water partition coefficient (Wildman–Crippen LogP) is 0.699. The molecule has 2 rings (SSSR count). The maximum atomic E-state index is 12.0. The quantitative estimate of drug-likeness (QED) is 0.808. The van der Waals surface area contributed by atoms with Gasteiger partial charge in [0.1, 0.15) is 6.10 Å². The van der Waals surface area contributed by atoms with Crippen LogP contribution in [0, 0.1) is 0 Å². The molecule has 1 heterocycles. The van der Waals surface area contributed by atoms with E-state index < -0.39 is 6.10 Å². The summed E-state index contributed by atoms with van der Waals surface area (Å²) in [5.41, 5.74) is 0.951. The number of methoxy groups -OCH3 is 1. The number of ether oxygens (including phenoxy) is 3. The van der Waals surface area contributed by atoms with Crippen LogP contribution in [0.25, 0.3) is 0 Å². The zero-order valence-electron chi connectivity index (χ0n) is 12.5. The molecule has 0 saturated carbocycles. The summed E-state index contributed by atoms with van der Waals surface area (Å²) in [4.78, 5) is 12.0. The fraction of sp³-hybridized carbons (Fsp3) is 0.533. The Kier molecular flexibility index (Phi) is 5.83. The third kappa shape index (κ3) is 4.34. The fourth-order valence-electron chi connectivity index (χ4n) is 2.13. The van der Waals surface area contributed by atoms with E-state index in [1.54, 1.807) is 7.11 Å². The Morgan fingerprint density at radius 2 is 2.33 bits per heavy atom. The average Bonchev–Trinajstić information content (AvgIpc) is 2.54. The van der Waals surface area contributed by atoms with Crippen molar-refractivity contribution in [2.75, 3.05) is 33.4 Å². The second kappa shape index (κ2) is 7.85. The average molecular weight is 294 g/mol. The molecule has 6 heteroatoms. The van der Waals surface area contributed by atoms with Gasteiger partial charge in [0, 0.05) is 19.6 Å². The van der Waals surface area contributed by atoms with E-state index >= 15 is 0 Å². The summed E-state index contributed by atoms with van der Waals surface area (Å²) in [5, 5.41) is 6.00. The highest BCUT2D eigenvalue weighted by atomic mass is 16.5. The summed E-state index contributed by atoms with van der Waals surface area (Å²) >= 11 is 0. The zero-order chi connectivity index (χ0) is 15.1. The summed E-state index contributed by atoms with van der Waals surface area (Å²) < 4.78 is 16.2. The van der Waals surface area contributed by atoms with Gasteiger partial charge in [-0.05, 0) is 24.6 Å². The number of morpholine rings is 1. The van der Waals surface area contributed by atoms with E-state index in [0.29, 0.717) is 37.8 Å². The van der Waals surface area contributed by atoms with Crippen LogP contribution in [-0.4, -0.2) is 45.4 Å². The lowest BCUT2D eigenvalue weighted by Crippen LogP contribution is -2.47. The molecular weight excluding hydrogens is 272 g/mol. The first-order valence-electron chi connectivity index (χ1n) is 7.14. The molecule has 0 radical (unpaired) electrons. The SMILES string of the molecule is CCOc1ccc(CNC(=O)C2CNCCO2)cc1OC. The molecule has 1 amide bonds. The number of amides is 1. The maximum Gasteiger partial charge on any atom is 0.250 e. The Morgan fingerprint density at radius 3 is 3.00 bits per heavy atom. The van der Waals surface area contributed by atoms with Crippen LogP contribution in [0.3, 0.4) is 0 Å². The van der Waals surface area contributed by atoms with Gasteiger partial charge in [-0.25, -0.2) is 0 Å². The number of nitrogens with one attached hydrogen (secondary N) is 2. The molecule has 1 atom stereocenters. The van der Waals surface area contributed by atoms with Crippen molar-refractivity contribution >= 4 is 5.91 Å². The second-order valence-corrected chi connectivity index (χ2v) is 4.70. The lowest BCUT2D eigenvalue weighted by atomic mass is 10.2. The van der Waals surface area contributed by atoms with E-state index in [9.17, 15) is 4.79 Å². The van der Waals surface area contributed by atoms with Crippen molar-refractivity contribution in [2.24, 2.45) is 0 Å². The highest BCUT2D eigenvalue weighted by Crippen LogP contribution is 2.27. The molecule has 1 fully saturated rings. The largest absolute Gasteiger partial charge is 0.493 e. The molecule has 116 valence electrons. The van der Waals surface area contributed by atoms with Gasteiger partial charge >= 0.3 is 0 Å². The van der Waals surface area contributed by atoms with Crippen molar-refractivity contribution in [1.29, 1.82) is 0 Å². The Labute approximate surface area is 124 Å². The summed E-state index contributed by atoms with van der Waals surface area (Å²) in [6.45, 7) is 4.85. The van der Waals surface area contributed by atoms with Gasteiger partial charge in [0.15, 0.2) is 11.5 Å². The van der Waals surface area contributed by atoms with Gasteiger partial charge < -0.3 is 24.8 Å². The van der Waals surface area contributed by atoms with Crippen molar-refractivity contribution in [3.8, 4) is 11.5 Å². The molecule has 1 aromatic rings. The summed E-state index contributed by atoms with van der Waals surface area (Å²) in [5.74, 6) is 1.27. The van der Waals surface area contributed by atoms with Crippen LogP contribution in [0.5, 0.6) is 11.5 Å². The highest BCUT2D eigenvalue weighted by molar-refractivity contribution is 5.81. The molecule has 1 aromatic carbocycles. The summed E-state index contributed by atoms with van der Waals surface area (Å²) in [6, 6.07) is 5.63. The van der Waals surface area contributed by atoms with Gasteiger partial charge in [-0.3, -0.25) is 4.79 Å². The van der Waals surface area contributed by atoms with Crippen LogP contribution >= 0.6 is 0 Å². The Hall–Kier alpha value is -1.79. The van der Waals surface area contributed by atoms with Gasteiger partial charge in [0.05, 0.1) is 20.3 Å². The van der Waals surface area contributed by atoms with Gasteiger partial charge in [-0.2, -0.15) is 0 Å². The minimum atomic E-state index is -0.414. The molecule has 1 aliphatic heterocycles. The lowest BCUT2D eigenvalue weighted by Gasteiger charge is -2.22. The van der Waals surface area contributed by atoms with E-state index in [2.05, 4.69) is 10.6 Å². The van der Waals surface area contributed by atoms with Gasteiger partial charge in [-0.1, -0.05) is 6.07 Å². The van der Waals surface area contributed by atoms with E-state index in [1.807, 2.05) is 25.1 Å². The monoisotopic (exact) mass is 294 g/mol. The minimum absolute atomic E-state index is 0.102. The number of benzene rings is 1. The Morgan fingerprint density at radius 1 is 1.48 bits per heavy atom. The molecule has 0 aromatic heterocycles. The molecule has 21 heavy (non-hydrogen) atoms. The number of hydrogen-bond donors (Lipinski definition) is 2. The second-order valence-electron chi connectivity index (χ2n) is 4.70. The zero-order valence-corrected chi connectivity index (χ0v) is 12.5. The topological polar surface area (TPSA) is 68.8 Å². The number of carbonyl (C=O) groups excluding carboxylic acids is 1. The maximum absolute atomic E-state index is 12.0. The summed E-state index contributed by atoms with van der Waals surface area (Å²) in [6.07, 6.45) is -0.414. The highest BCUT2D eigenvalue weighted by Gasteiger charge is 2.21. The molecule has 6 nitrogen and oxygen atoms in total. The van der Waals surface area contributed by atoms with Crippen molar-refractivity contribution in [1.82, 2.24) is 10.6 Å². The molecule has 1 aliphatic rings. The van der Waals surface area contributed by atoms with Gasteiger partial charge in [-0.15, -0.1) is 0 Å². The van der Waals surface area contributed by atoms with E-state index in [0.717, 1.165) is 12.1 Å². The van der Waals surface area contributed by atoms with Crippen LogP contribution in [0.15, 0.2) is 18.2 Å². The van der Waals surface area contributed by atoms with Crippen LogP contribution in [0.4, 0.5) is 0 Å². The molecule has 1 saturated heterocycles. The normalized spacial score (nSPS) is 18.1. The lowest BCUT2D eigenvalue weighted by molar-refractivity contribution is -0.134. The fourth-order valence-corrected chi connectivity index (χ4v) is 2.13. The van der Waals surface area contributed by atoms with Crippen LogP contribution in [-0.2, 0) is 16.1 Å². The standard InChI is InChI=1S/C15H22N2O4/c1-3-20-12-5-4-11(8-13(12)19-2)9-17-15(18)14-10-16-6-7-21-14/h4-5,8,14,16H,3,6-7,9-10H2,1-2H3,(H,17,18). The summed E-state index contributed by atoms with van der Waals surface area (Å²) in [7, 11) is 1.60. The first-order chi connectivity index (χ1) is 10.2. The van der Waals surface area contributed by atoms with E-state index in [-0.39, 0.29) is 5.91 Å². The van der Waals surface area contributed by atoms with Crippen molar-refractivity contribution in [2.45, 2.75) is 19.6 Å². The third-order valence-electron chi connectivity index (χ3n) is 3.21. The number of rotatable bonds is 6. The van der Waals surface area contributed by atoms with E-state index in [4.69, 9.17) is 14.2 Å². The minimum Gasteiger partial charge on any atom is -0.493 e. The molecule has 0 bridgehead atoms. The number of carbonyl (C=O) groups is 1. The first kappa shape index (κ1) is 15.6. The predicted molar refractivity (Wildman–Crippen MR) is 78.6 cm³/mol. The molecule has 2 N–H and O–H groups in total. The van der Waals surface area contributed by atoms with Gasteiger partial charge in [0.25, 0.3) is 5.91 Å². The van der Waals surface area contributed by atoms with Crippen LogP contribution in [0.2, 0.25) is 0 Å². The molecule has 0 spiro atoms. The Balaban J connectivity index is 1.91. The third-order valence-corrected chi connectivity index (χ3v) is 3.21. The smallest absolute Gasteiger partial charge is 0.250 e. The molecule has 0 aliphatic carbocycles. The Bertz CT molecular complexity index is 473. The van der Waals surface area contributed by atoms with Crippen LogP contribution in [0.1, 0.15) is 12.5 Å². The van der Waals surface area contributed by atoms with Crippen LogP contribution < -0.4 is 20.1 Å². The van der Waals surface area contributed by atoms with Gasteiger partial charge in [0.2, 0.25) is 0 Å². The van der Waals surface area contributed by atoms with Crippen molar-refractivity contribution in [3.05, 3.63) is 23.8 Å². The van der Waals surface area contributed by atoms with E-state index in [1.165, 1.54) is 0 Å². The molecular formula is C15H22N2O4. The first-order valence-corrected chi connectivity index (χ1v) is 7.14.